The third kappa shape index (κ3) is 4.26. The maximum atomic E-state index is 11.6. The number of nitrogens with one attached hydrogen (secondary N) is 2. The molecule has 1 aliphatic rings. The van der Waals surface area contributed by atoms with Crippen LogP contribution >= 0.6 is 12.2 Å². The van der Waals surface area contributed by atoms with Gasteiger partial charge in [-0.25, -0.2) is 0 Å². The summed E-state index contributed by atoms with van der Waals surface area (Å²) in [5.74, 6) is 0. The zero-order valence-electron chi connectivity index (χ0n) is 15.7. The Labute approximate surface area is 175 Å². The predicted molar refractivity (Wildman–Crippen MR) is 123 cm³/mol. The molecule has 4 nitrogen and oxygen atoms in total. The van der Waals surface area contributed by atoms with E-state index < -0.39 is 5.60 Å². The highest BCUT2D eigenvalue weighted by molar-refractivity contribution is 7.80. The number of para-hydroxylation sites is 1. The average Bonchev–Trinajstić information content (AvgIpc) is 3.12. The number of rotatable bonds is 4. The lowest BCUT2D eigenvalue weighted by atomic mass is 9.84. The molecule has 0 saturated carbocycles. The first kappa shape index (κ1) is 19.1. The molecule has 4 rings (SSSR count). The Morgan fingerprint density at radius 1 is 0.862 bits per heavy atom. The second kappa shape index (κ2) is 8.39. The monoisotopic (exact) mass is 399 g/mol. The summed E-state index contributed by atoms with van der Waals surface area (Å²) in [6, 6.07) is 29.2. The van der Waals surface area contributed by atoms with Crippen LogP contribution in [-0.4, -0.2) is 15.9 Å². The molecule has 0 fully saturated rings. The molecule has 3 aromatic rings. The van der Waals surface area contributed by atoms with Gasteiger partial charge in [-0.15, -0.1) is 0 Å². The summed E-state index contributed by atoms with van der Waals surface area (Å²) in [6.07, 6.45) is 2.29. The summed E-state index contributed by atoms with van der Waals surface area (Å²) >= 11 is 5.33. The van der Waals surface area contributed by atoms with E-state index in [1.165, 1.54) is 0 Å². The van der Waals surface area contributed by atoms with Crippen molar-refractivity contribution in [2.75, 3.05) is 5.32 Å². The fourth-order valence-electron chi connectivity index (χ4n) is 3.48. The zero-order valence-corrected chi connectivity index (χ0v) is 16.6. The van der Waals surface area contributed by atoms with Crippen LogP contribution in [0.3, 0.4) is 0 Å². The van der Waals surface area contributed by atoms with Crippen molar-refractivity contribution in [3.05, 3.63) is 108 Å². The van der Waals surface area contributed by atoms with Gasteiger partial charge in [0.25, 0.3) is 0 Å². The molecule has 1 aliphatic carbocycles. The largest absolute Gasteiger partial charge is 0.380 e. The van der Waals surface area contributed by atoms with Crippen LogP contribution in [-0.2, 0) is 5.60 Å². The number of hydrogen-bond acceptors (Lipinski definition) is 3. The highest BCUT2D eigenvalue weighted by atomic mass is 32.1. The van der Waals surface area contributed by atoms with E-state index in [-0.39, 0.29) is 0 Å². The Bertz CT molecular complexity index is 1050. The van der Waals surface area contributed by atoms with E-state index >= 15 is 0 Å². The van der Waals surface area contributed by atoms with E-state index in [1.54, 1.807) is 0 Å². The predicted octanol–water partition coefficient (Wildman–Crippen LogP) is 4.70. The summed E-state index contributed by atoms with van der Waals surface area (Å²) in [5, 5.41) is 19.6. The maximum Gasteiger partial charge on any atom is 0.191 e. The van der Waals surface area contributed by atoms with Crippen molar-refractivity contribution < 1.29 is 5.11 Å². The van der Waals surface area contributed by atoms with Crippen LogP contribution in [0.2, 0.25) is 0 Å². The second-order valence-corrected chi connectivity index (χ2v) is 7.27. The summed E-state index contributed by atoms with van der Waals surface area (Å²) in [7, 11) is 0. The first-order valence-corrected chi connectivity index (χ1v) is 9.80. The maximum absolute atomic E-state index is 11.6. The van der Waals surface area contributed by atoms with Gasteiger partial charge in [0.1, 0.15) is 5.60 Å². The lowest BCUT2D eigenvalue weighted by Crippen LogP contribution is -2.27. The van der Waals surface area contributed by atoms with Gasteiger partial charge in [-0.05, 0) is 47.1 Å². The van der Waals surface area contributed by atoms with Gasteiger partial charge in [0, 0.05) is 12.1 Å². The van der Waals surface area contributed by atoms with Crippen molar-refractivity contribution in [2.45, 2.75) is 12.0 Å². The Balaban J connectivity index is 1.59. The van der Waals surface area contributed by atoms with E-state index in [2.05, 4.69) is 15.8 Å². The zero-order chi connectivity index (χ0) is 20.1. The molecule has 144 valence electrons. The molecule has 0 heterocycles. The highest BCUT2D eigenvalue weighted by Gasteiger charge is 2.40. The lowest BCUT2D eigenvalue weighted by molar-refractivity contribution is 0.113. The number of hydrazone groups is 1. The van der Waals surface area contributed by atoms with Crippen molar-refractivity contribution in [1.29, 1.82) is 0 Å². The third-order valence-corrected chi connectivity index (χ3v) is 5.06. The number of thiocarbonyl (C=S) groups is 1. The van der Waals surface area contributed by atoms with Crippen LogP contribution in [0.15, 0.2) is 102 Å². The van der Waals surface area contributed by atoms with Crippen LogP contribution in [0.25, 0.3) is 5.57 Å². The fourth-order valence-corrected chi connectivity index (χ4v) is 3.64. The van der Waals surface area contributed by atoms with Crippen LogP contribution in [0.1, 0.15) is 17.5 Å². The molecule has 3 N–H and O–H groups in total. The number of benzene rings is 3. The van der Waals surface area contributed by atoms with Gasteiger partial charge in [-0.3, -0.25) is 5.43 Å². The summed E-state index contributed by atoms with van der Waals surface area (Å²) in [5.41, 5.74) is 5.99. The number of hydrogen-bond donors (Lipinski definition) is 3. The summed E-state index contributed by atoms with van der Waals surface area (Å²) in [6.45, 7) is 0. The highest BCUT2D eigenvalue weighted by Crippen LogP contribution is 2.43. The molecule has 1 unspecified atom stereocenters. The van der Waals surface area contributed by atoms with Gasteiger partial charge >= 0.3 is 0 Å². The first-order valence-electron chi connectivity index (χ1n) is 9.39. The minimum Gasteiger partial charge on any atom is -0.380 e. The smallest absolute Gasteiger partial charge is 0.191 e. The van der Waals surface area contributed by atoms with Gasteiger partial charge in [-0.1, -0.05) is 78.9 Å². The number of anilines is 1. The van der Waals surface area contributed by atoms with E-state index in [4.69, 9.17) is 12.2 Å². The molecule has 0 amide bonds. The van der Waals surface area contributed by atoms with E-state index in [0.717, 1.165) is 28.1 Å². The number of allylic oxidation sites excluding steroid dienone is 1. The minimum atomic E-state index is -1.14. The van der Waals surface area contributed by atoms with Gasteiger partial charge in [0.2, 0.25) is 0 Å². The Morgan fingerprint density at radius 2 is 1.45 bits per heavy atom. The number of nitrogens with zero attached hydrogens (tertiary/aromatic N) is 1. The quantitative estimate of drug-likeness (QED) is 0.440. The molecule has 29 heavy (non-hydrogen) atoms. The molecule has 0 aliphatic heterocycles. The second-order valence-electron chi connectivity index (χ2n) is 6.86. The topological polar surface area (TPSA) is 56.7 Å². The Morgan fingerprint density at radius 3 is 2.10 bits per heavy atom. The van der Waals surface area contributed by atoms with Crippen molar-refractivity contribution in [3.8, 4) is 0 Å². The van der Waals surface area contributed by atoms with Crippen LogP contribution in [0.5, 0.6) is 0 Å². The lowest BCUT2D eigenvalue weighted by Gasteiger charge is -2.27. The average molecular weight is 400 g/mol. The van der Waals surface area contributed by atoms with E-state index in [9.17, 15) is 5.11 Å². The molecule has 0 spiro atoms. The minimum absolute atomic E-state index is 0.363. The van der Waals surface area contributed by atoms with Crippen molar-refractivity contribution >= 4 is 34.3 Å². The normalized spacial score (nSPS) is 19.6. The third-order valence-electron chi connectivity index (χ3n) is 4.86. The van der Waals surface area contributed by atoms with Crippen LogP contribution in [0.4, 0.5) is 5.69 Å². The van der Waals surface area contributed by atoms with Crippen LogP contribution < -0.4 is 10.7 Å². The molecule has 0 aromatic heterocycles. The molecule has 5 heteroatoms. The molecular formula is C24H21N3OS. The SMILES string of the molecule is OC1(c2ccccc2)C/C(=N/NC(=S)Nc2ccccc2)C=C1c1ccccc1. The fraction of sp³-hybridized carbons (Fsp3) is 0.0833. The Hall–Kier alpha value is -3.28. The van der Waals surface area contributed by atoms with Gasteiger partial charge in [0.05, 0.1) is 5.71 Å². The number of aliphatic hydroxyl groups is 1. The molecule has 1 atom stereocenters. The first-order chi connectivity index (χ1) is 14.1. The van der Waals surface area contributed by atoms with Gasteiger partial charge in [0.15, 0.2) is 5.11 Å². The molecule has 0 saturated heterocycles. The van der Waals surface area contributed by atoms with Crippen molar-refractivity contribution in [1.82, 2.24) is 5.43 Å². The van der Waals surface area contributed by atoms with Gasteiger partial charge < -0.3 is 10.4 Å². The molecular weight excluding hydrogens is 378 g/mol. The summed E-state index contributed by atoms with van der Waals surface area (Å²) in [4.78, 5) is 0. The van der Waals surface area contributed by atoms with Gasteiger partial charge in [-0.2, -0.15) is 5.10 Å². The van der Waals surface area contributed by atoms with E-state index in [1.807, 2.05) is 97.1 Å². The molecule has 3 aromatic carbocycles. The Kier molecular flexibility index (Phi) is 5.51. The van der Waals surface area contributed by atoms with Crippen molar-refractivity contribution in [2.24, 2.45) is 5.10 Å². The standard InChI is InChI=1S/C24H21N3OS/c28-24(19-12-6-2-7-13-19)17-21(16-22(24)18-10-4-1-5-11-18)26-27-23(29)25-20-14-8-3-9-15-20/h1-16,28H,17H2,(H2,25,27,29)/b26-21+. The summed E-state index contributed by atoms with van der Waals surface area (Å²) < 4.78 is 0. The molecule has 0 radical (unpaired) electrons. The molecule has 0 bridgehead atoms. The van der Waals surface area contributed by atoms with E-state index in [0.29, 0.717) is 11.5 Å². The van der Waals surface area contributed by atoms with Crippen molar-refractivity contribution in [3.63, 3.8) is 0 Å². The van der Waals surface area contributed by atoms with Crippen LogP contribution in [0, 0.1) is 0 Å².